The molecule has 21 heavy (non-hydrogen) atoms. The number of rotatable bonds is 4. The van der Waals surface area contributed by atoms with Gasteiger partial charge in [-0.1, -0.05) is 28.1 Å². The van der Waals surface area contributed by atoms with Gasteiger partial charge in [0.2, 0.25) is 0 Å². The number of aryl methyl sites for hydroxylation is 1. The Hall–Kier alpha value is -1.81. The van der Waals surface area contributed by atoms with Crippen molar-refractivity contribution < 1.29 is 14.3 Å². The van der Waals surface area contributed by atoms with Gasteiger partial charge in [0.25, 0.3) is 0 Å². The maximum Gasteiger partial charge on any atom is 0.352 e. The minimum Gasteiger partial charge on any atom is -0.479 e. The normalized spacial score (nSPS) is 11.8. The van der Waals surface area contributed by atoms with Gasteiger partial charge < -0.3 is 9.47 Å². The van der Waals surface area contributed by atoms with Crippen molar-refractivity contribution >= 4 is 21.9 Å². The molecule has 2 rings (SSSR count). The Labute approximate surface area is 133 Å². The Morgan fingerprint density at radius 3 is 2.43 bits per heavy atom. The summed E-state index contributed by atoms with van der Waals surface area (Å²) in [7, 11) is 0. The molecule has 0 spiro atoms. The second-order valence-corrected chi connectivity index (χ2v) is 5.75. The lowest BCUT2D eigenvalue weighted by atomic mass is 10.1. The molecule has 2 aromatic rings. The van der Waals surface area contributed by atoms with Crippen molar-refractivity contribution in [3.63, 3.8) is 0 Å². The average molecular weight is 349 g/mol. The van der Waals surface area contributed by atoms with Crippen LogP contribution in [0.3, 0.4) is 0 Å². The summed E-state index contributed by atoms with van der Waals surface area (Å²) in [4.78, 5) is 12.0. The minimum absolute atomic E-state index is 0.418. The molecule has 0 saturated heterocycles. The van der Waals surface area contributed by atoms with Crippen molar-refractivity contribution in [1.82, 2.24) is 0 Å². The number of ether oxygens (including phenoxy) is 2. The first kappa shape index (κ1) is 15.6. The van der Waals surface area contributed by atoms with E-state index in [2.05, 4.69) is 15.9 Å². The summed E-state index contributed by atoms with van der Waals surface area (Å²) in [6.07, 6.45) is -0.672. The van der Waals surface area contributed by atoms with E-state index in [0.717, 1.165) is 15.6 Å². The van der Waals surface area contributed by atoms with Gasteiger partial charge in [0.05, 0.1) is 0 Å². The lowest BCUT2D eigenvalue weighted by molar-refractivity contribution is -0.141. The number of halogens is 1. The zero-order valence-corrected chi connectivity index (χ0v) is 13.8. The van der Waals surface area contributed by atoms with Crippen molar-refractivity contribution in [2.75, 3.05) is 0 Å². The molecule has 0 bridgehead atoms. The predicted molar refractivity (Wildman–Crippen MR) is 85.8 cm³/mol. The van der Waals surface area contributed by atoms with E-state index in [9.17, 15) is 4.79 Å². The third-order valence-electron chi connectivity index (χ3n) is 3.22. The van der Waals surface area contributed by atoms with E-state index >= 15 is 0 Å². The number of carbonyl (C=O) groups excluding carboxylic acids is 1. The molecule has 2 aromatic carbocycles. The number of esters is 1. The van der Waals surface area contributed by atoms with Crippen LogP contribution < -0.4 is 9.47 Å². The Morgan fingerprint density at radius 2 is 1.76 bits per heavy atom. The fraction of sp³-hybridized carbons (Fsp3) is 0.235. The summed E-state index contributed by atoms with van der Waals surface area (Å²) in [6.45, 7) is 5.66. The Balaban J connectivity index is 2.02. The summed E-state index contributed by atoms with van der Waals surface area (Å²) in [5, 5.41) is 0. The molecule has 0 saturated carbocycles. The van der Waals surface area contributed by atoms with E-state index in [0.29, 0.717) is 11.5 Å². The monoisotopic (exact) mass is 348 g/mol. The van der Waals surface area contributed by atoms with Crippen molar-refractivity contribution in [3.8, 4) is 11.5 Å². The highest BCUT2D eigenvalue weighted by atomic mass is 79.9. The molecule has 3 nitrogen and oxygen atoms in total. The third-order valence-corrected chi connectivity index (χ3v) is 3.75. The van der Waals surface area contributed by atoms with Gasteiger partial charge in [-0.25, -0.2) is 4.79 Å². The molecule has 0 heterocycles. The summed E-state index contributed by atoms with van der Waals surface area (Å²) in [5.41, 5.74) is 2.15. The number of hydrogen-bond donors (Lipinski definition) is 0. The Bertz CT molecular complexity index is 635. The first-order chi connectivity index (χ1) is 9.97. The Morgan fingerprint density at radius 1 is 1.10 bits per heavy atom. The highest BCUT2D eigenvalue weighted by molar-refractivity contribution is 9.10. The smallest absolute Gasteiger partial charge is 0.352 e. The molecule has 0 fully saturated rings. The Kier molecular flexibility index (Phi) is 5.02. The maximum absolute atomic E-state index is 12.0. The fourth-order valence-electron chi connectivity index (χ4n) is 1.79. The zero-order valence-electron chi connectivity index (χ0n) is 12.2. The second-order valence-electron chi connectivity index (χ2n) is 4.83. The molecule has 110 valence electrons. The topological polar surface area (TPSA) is 35.5 Å². The molecule has 4 heteroatoms. The molecule has 0 N–H and O–H groups in total. The van der Waals surface area contributed by atoms with Crippen LogP contribution in [0.1, 0.15) is 18.1 Å². The van der Waals surface area contributed by atoms with Crippen LogP contribution in [0.4, 0.5) is 0 Å². The van der Waals surface area contributed by atoms with E-state index in [1.54, 1.807) is 19.1 Å². The summed E-state index contributed by atoms with van der Waals surface area (Å²) in [5.74, 6) is 0.785. The molecule has 1 unspecified atom stereocenters. The zero-order chi connectivity index (χ0) is 15.4. The average Bonchev–Trinajstić information content (AvgIpc) is 2.46. The van der Waals surface area contributed by atoms with Crippen LogP contribution in [0.25, 0.3) is 0 Å². The van der Waals surface area contributed by atoms with Crippen LogP contribution in [-0.4, -0.2) is 12.1 Å². The largest absolute Gasteiger partial charge is 0.479 e. The van der Waals surface area contributed by atoms with E-state index < -0.39 is 12.1 Å². The highest BCUT2D eigenvalue weighted by Gasteiger charge is 2.18. The van der Waals surface area contributed by atoms with Crippen molar-refractivity contribution in [1.29, 1.82) is 0 Å². The highest BCUT2D eigenvalue weighted by Crippen LogP contribution is 2.22. The molecule has 0 aliphatic carbocycles. The van der Waals surface area contributed by atoms with Gasteiger partial charge in [0, 0.05) is 4.47 Å². The SMILES string of the molecule is Cc1cccc(OC(C)C(=O)Oc2ccc(Br)cc2)c1C. The van der Waals surface area contributed by atoms with Crippen LogP contribution in [-0.2, 0) is 4.79 Å². The van der Waals surface area contributed by atoms with Crippen molar-refractivity contribution in [2.45, 2.75) is 26.9 Å². The fourth-order valence-corrected chi connectivity index (χ4v) is 2.06. The van der Waals surface area contributed by atoms with Gasteiger partial charge in [-0.3, -0.25) is 0 Å². The van der Waals surface area contributed by atoms with Gasteiger partial charge >= 0.3 is 5.97 Å². The van der Waals surface area contributed by atoms with Crippen LogP contribution in [0, 0.1) is 13.8 Å². The number of hydrogen-bond acceptors (Lipinski definition) is 3. The van der Waals surface area contributed by atoms with Crippen LogP contribution in [0.5, 0.6) is 11.5 Å². The van der Waals surface area contributed by atoms with Gasteiger partial charge in [0.1, 0.15) is 11.5 Å². The van der Waals surface area contributed by atoms with Crippen LogP contribution in [0.15, 0.2) is 46.9 Å². The van der Waals surface area contributed by atoms with Crippen LogP contribution >= 0.6 is 15.9 Å². The van der Waals surface area contributed by atoms with Crippen LogP contribution in [0.2, 0.25) is 0 Å². The lowest BCUT2D eigenvalue weighted by Crippen LogP contribution is -2.28. The molecule has 0 aliphatic rings. The predicted octanol–water partition coefficient (Wildman–Crippen LogP) is 4.44. The standard InChI is InChI=1S/C17H17BrO3/c1-11-5-4-6-16(12(11)2)20-13(3)17(19)21-15-9-7-14(18)8-10-15/h4-10,13H,1-3H3. The minimum atomic E-state index is -0.672. The summed E-state index contributed by atoms with van der Waals surface area (Å²) < 4.78 is 11.9. The van der Waals surface area contributed by atoms with Gasteiger partial charge in [0.15, 0.2) is 6.10 Å². The van der Waals surface area contributed by atoms with Gasteiger partial charge in [-0.05, 0) is 62.2 Å². The maximum atomic E-state index is 12.0. The lowest BCUT2D eigenvalue weighted by Gasteiger charge is -2.16. The quantitative estimate of drug-likeness (QED) is 0.605. The third kappa shape index (κ3) is 4.08. The molecule has 0 aliphatic heterocycles. The molecule has 1 atom stereocenters. The summed E-state index contributed by atoms with van der Waals surface area (Å²) >= 11 is 3.33. The molecule has 0 amide bonds. The van der Waals surface area contributed by atoms with Gasteiger partial charge in [-0.2, -0.15) is 0 Å². The number of benzene rings is 2. The second kappa shape index (κ2) is 6.76. The van der Waals surface area contributed by atoms with Crippen molar-refractivity contribution in [2.24, 2.45) is 0 Å². The van der Waals surface area contributed by atoms with E-state index in [4.69, 9.17) is 9.47 Å². The van der Waals surface area contributed by atoms with Crippen molar-refractivity contribution in [3.05, 3.63) is 58.1 Å². The molecule has 0 radical (unpaired) electrons. The first-order valence-electron chi connectivity index (χ1n) is 6.67. The summed E-state index contributed by atoms with van der Waals surface area (Å²) in [6, 6.07) is 12.9. The van der Waals surface area contributed by atoms with E-state index in [1.807, 2.05) is 44.2 Å². The molecular formula is C17H17BrO3. The van der Waals surface area contributed by atoms with E-state index in [1.165, 1.54) is 0 Å². The number of carbonyl (C=O) groups is 1. The van der Waals surface area contributed by atoms with E-state index in [-0.39, 0.29) is 0 Å². The van der Waals surface area contributed by atoms with Gasteiger partial charge in [-0.15, -0.1) is 0 Å². The first-order valence-corrected chi connectivity index (χ1v) is 7.47. The molecular weight excluding hydrogens is 332 g/mol. The molecule has 0 aromatic heterocycles.